The molecular weight excluding hydrogens is 367 g/mol. The third-order valence-electron chi connectivity index (χ3n) is 4.52. The SMILES string of the molecule is CC(C)(C)c1ccccc1Nc1cnc(C(=O)NCCc2ccccc2F)cn1. The molecule has 2 N–H and O–H groups in total. The minimum atomic E-state index is -0.338. The van der Waals surface area contributed by atoms with Gasteiger partial charge in [-0.1, -0.05) is 57.2 Å². The van der Waals surface area contributed by atoms with Crippen molar-refractivity contribution < 1.29 is 9.18 Å². The van der Waals surface area contributed by atoms with Crippen molar-refractivity contribution in [3.63, 3.8) is 0 Å². The van der Waals surface area contributed by atoms with E-state index >= 15 is 0 Å². The number of halogens is 1. The van der Waals surface area contributed by atoms with Crippen LogP contribution in [0.5, 0.6) is 0 Å². The molecule has 0 saturated carbocycles. The number of carbonyl (C=O) groups excluding carboxylic acids is 1. The standard InChI is InChI=1S/C23H25FN4O/c1-23(2,3)17-9-5-7-11-19(17)28-21-15-26-20(14-27-21)22(29)25-13-12-16-8-4-6-10-18(16)24/h4-11,14-15H,12-13H2,1-3H3,(H,25,29)(H,27,28). The van der Waals surface area contributed by atoms with Crippen LogP contribution >= 0.6 is 0 Å². The smallest absolute Gasteiger partial charge is 0.271 e. The van der Waals surface area contributed by atoms with Gasteiger partial charge in [-0.3, -0.25) is 4.79 Å². The van der Waals surface area contributed by atoms with E-state index in [-0.39, 0.29) is 22.8 Å². The summed E-state index contributed by atoms with van der Waals surface area (Å²) < 4.78 is 13.6. The number of aromatic nitrogens is 2. The third kappa shape index (κ3) is 5.38. The zero-order chi connectivity index (χ0) is 20.9. The molecule has 0 spiro atoms. The highest BCUT2D eigenvalue weighted by molar-refractivity contribution is 5.92. The Morgan fingerprint density at radius 1 is 1.00 bits per heavy atom. The molecule has 0 atom stereocenters. The molecule has 0 fully saturated rings. The number of hydrogen-bond acceptors (Lipinski definition) is 4. The van der Waals surface area contributed by atoms with Crippen LogP contribution in [0.4, 0.5) is 15.9 Å². The van der Waals surface area contributed by atoms with Crippen molar-refractivity contribution in [3.05, 3.63) is 83.6 Å². The molecule has 0 aliphatic carbocycles. The molecule has 3 aromatic rings. The molecule has 0 radical (unpaired) electrons. The zero-order valence-electron chi connectivity index (χ0n) is 16.9. The van der Waals surface area contributed by atoms with Crippen LogP contribution in [0.2, 0.25) is 0 Å². The summed E-state index contributed by atoms with van der Waals surface area (Å²) in [5.41, 5.74) is 2.88. The second-order valence-electron chi connectivity index (χ2n) is 7.80. The Kier molecular flexibility index (Phi) is 6.22. The summed E-state index contributed by atoms with van der Waals surface area (Å²) in [4.78, 5) is 20.8. The Bertz CT molecular complexity index is 981. The molecule has 5 nitrogen and oxygen atoms in total. The fourth-order valence-electron chi connectivity index (χ4n) is 3.00. The quantitative estimate of drug-likeness (QED) is 0.642. The van der Waals surface area contributed by atoms with E-state index in [2.05, 4.69) is 47.4 Å². The van der Waals surface area contributed by atoms with Crippen molar-refractivity contribution in [1.82, 2.24) is 15.3 Å². The number of carbonyl (C=O) groups is 1. The second-order valence-corrected chi connectivity index (χ2v) is 7.80. The summed E-state index contributed by atoms with van der Waals surface area (Å²) in [5, 5.41) is 6.01. The number of nitrogens with zero attached hydrogens (tertiary/aromatic N) is 2. The summed E-state index contributed by atoms with van der Waals surface area (Å²) >= 11 is 0. The molecule has 1 heterocycles. The molecule has 0 saturated heterocycles. The maximum atomic E-state index is 13.6. The molecule has 3 rings (SSSR count). The lowest BCUT2D eigenvalue weighted by atomic mass is 9.86. The number of para-hydroxylation sites is 1. The number of amides is 1. The summed E-state index contributed by atoms with van der Waals surface area (Å²) in [7, 11) is 0. The lowest BCUT2D eigenvalue weighted by Crippen LogP contribution is -2.26. The van der Waals surface area contributed by atoms with Crippen LogP contribution in [-0.2, 0) is 11.8 Å². The van der Waals surface area contributed by atoms with Crippen LogP contribution in [0.25, 0.3) is 0 Å². The zero-order valence-corrected chi connectivity index (χ0v) is 16.9. The largest absolute Gasteiger partial charge is 0.350 e. The Labute approximate surface area is 170 Å². The van der Waals surface area contributed by atoms with E-state index in [0.29, 0.717) is 24.3 Å². The Hall–Kier alpha value is -3.28. The average Bonchev–Trinajstić information content (AvgIpc) is 2.69. The van der Waals surface area contributed by atoms with Crippen molar-refractivity contribution in [2.45, 2.75) is 32.6 Å². The fraction of sp³-hybridized carbons (Fsp3) is 0.261. The minimum absolute atomic E-state index is 0.0188. The van der Waals surface area contributed by atoms with E-state index in [1.165, 1.54) is 18.5 Å². The van der Waals surface area contributed by atoms with E-state index < -0.39 is 0 Å². The first-order valence-electron chi connectivity index (χ1n) is 9.55. The second kappa shape index (κ2) is 8.82. The van der Waals surface area contributed by atoms with Crippen LogP contribution in [0, 0.1) is 5.82 Å². The first kappa shape index (κ1) is 20.5. The van der Waals surface area contributed by atoms with Crippen LogP contribution in [0.1, 0.15) is 42.4 Å². The summed E-state index contributed by atoms with van der Waals surface area (Å²) in [5.74, 6) is -0.0485. The van der Waals surface area contributed by atoms with E-state index in [1.54, 1.807) is 18.2 Å². The van der Waals surface area contributed by atoms with Gasteiger partial charge in [0.25, 0.3) is 5.91 Å². The highest BCUT2D eigenvalue weighted by Gasteiger charge is 2.18. The molecule has 1 aromatic heterocycles. The maximum absolute atomic E-state index is 13.6. The highest BCUT2D eigenvalue weighted by Crippen LogP contribution is 2.30. The van der Waals surface area contributed by atoms with Gasteiger partial charge in [0.15, 0.2) is 0 Å². The van der Waals surface area contributed by atoms with Crippen LogP contribution in [0.3, 0.4) is 0 Å². The van der Waals surface area contributed by atoms with E-state index in [0.717, 1.165) is 11.3 Å². The van der Waals surface area contributed by atoms with Crippen molar-refractivity contribution in [2.75, 3.05) is 11.9 Å². The Balaban J connectivity index is 1.60. The molecule has 0 bridgehead atoms. The van der Waals surface area contributed by atoms with E-state index in [1.807, 2.05) is 18.2 Å². The van der Waals surface area contributed by atoms with Crippen molar-refractivity contribution in [1.29, 1.82) is 0 Å². The van der Waals surface area contributed by atoms with Crippen LogP contribution in [0.15, 0.2) is 60.9 Å². The molecule has 6 heteroatoms. The van der Waals surface area contributed by atoms with Gasteiger partial charge in [-0.15, -0.1) is 0 Å². The first-order valence-corrected chi connectivity index (χ1v) is 9.55. The van der Waals surface area contributed by atoms with Gasteiger partial charge in [0.05, 0.1) is 12.4 Å². The molecule has 29 heavy (non-hydrogen) atoms. The lowest BCUT2D eigenvalue weighted by Gasteiger charge is -2.23. The van der Waals surface area contributed by atoms with Gasteiger partial charge >= 0.3 is 0 Å². The molecule has 0 unspecified atom stereocenters. The molecule has 0 aliphatic rings. The van der Waals surface area contributed by atoms with Crippen molar-refractivity contribution in [2.24, 2.45) is 0 Å². The van der Waals surface area contributed by atoms with Crippen molar-refractivity contribution >= 4 is 17.4 Å². The minimum Gasteiger partial charge on any atom is -0.350 e. The predicted molar refractivity (Wildman–Crippen MR) is 113 cm³/mol. The maximum Gasteiger partial charge on any atom is 0.271 e. The normalized spacial score (nSPS) is 11.2. The fourth-order valence-corrected chi connectivity index (χ4v) is 3.00. The molecular formula is C23H25FN4O. The van der Waals surface area contributed by atoms with Gasteiger partial charge in [0, 0.05) is 12.2 Å². The lowest BCUT2D eigenvalue weighted by molar-refractivity contribution is 0.0948. The van der Waals surface area contributed by atoms with E-state index in [9.17, 15) is 9.18 Å². The molecule has 2 aromatic carbocycles. The first-order chi connectivity index (χ1) is 13.8. The van der Waals surface area contributed by atoms with Gasteiger partial charge in [-0.05, 0) is 35.1 Å². The monoisotopic (exact) mass is 392 g/mol. The highest BCUT2D eigenvalue weighted by atomic mass is 19.1. The average molecular weight is 392 g/mol. The summed E-state index contributed by atoms with van der Waals surface area (Å²) in [6, 6.07) is 14.6. The predicted octanol–water partition coefficient (Wildman–Crippen LogP) is 4.63. The van der Waals surface area contributed by atoms with Gasteiger partial charge in [-0.25, -0.2) is 14.4 Å². The van der Waals surface area contributed by atoms with E-state index in [4.69, 9.17) is 0 Å². The third-order valence-corrected chi connectivity index (χ3v) is 4.52. The van der Waals surface area contributed by atoms with Gasteiger partial charge < -0.3 is 10.6 Å². The topological polar surface area (TPSA) is 66.9 Å². The Morgan fingerprint density at radius 3 is 2.41 bits per heavy atom. The molecule has 150 valence electrons. The van der Waals surface area contributed by atoms with Gasteiger partial charge in [0.1, 0.15) is 17.3 Å². The van der Waals surface area contributed by atoms with Gasteiger partial charge in [-0.2, -0.15) is 0 Å². The number of hydrogen-bond donors (Lipinski definition) is 2. The Morgan fingerprint density at radius 2 is 1.72 bits per heavy atom. The molecule has 0 aliphatic heterocycles. The summed E-state index contributed by atoms with van der Waals surface area (Å²) in [6.07, 6.45) is 3.38. The van der Waals surface area contributed by atoms with Gasteiger partial charge in [0.2, 0.25) is 0 Å². The molecule has 1 amide bonds. The number of benzene rings is 2. The number of anilines is 2. The van der Waals surface area contributed by atoms with Crippen LogP contribution < -0.4 is 10.6 Å². The summed E-state index contributed by atoms with van der Waals surface area (Å²) in [6.45, 7) is 6.76. The van der Waals surface area contributed by atoms with Crippen LogP contribution in [-0.4, -0.2) is 22.4 Å². The number of rotatable bonds is 6. The van der Waals surface area contributed by atoms with Crippen molar-refractivity contribution in [3.8, 4) is 0 Å². The number of nitrogens with one attached hydrogen (secondary N) is 2.